The van der Waals surface area contributed by atoms with E-state index in [9.17, 15) is 4.39 Å². The fourth-order valence-corrected chi connectivity index (χ4v) is 3.01. The molecule has 1 saturated carbocycles. The molecule has 2 rings (SSSR count). The summed E-state index contributed by atoms with van der Waals surface area (Å²) in [6, 6.07) is 7.40. The van der Waals surface area contributed by atoms with E-state index >= 15 is 0 Å². The highest BCUT2D eigenvalue weighted by molar-refractivity contribution is 7.99. The number of rotatable bonds is 7. The van der Waals surface area contributed by atoms with Gasteiger partial charge in [-0.2, -0.15) is 0 Å². The van der Waals surface area contributed by atoms with Crippen LogP contribution >= 0.6 is 11.8 Å². The van der Waals surface area contributed by atoms with Crippen molar-refractivity contribution in [3.05, 3.63) is 30.1 Å². The summed E-state index contributed by atoms with van der Waals surface area (Å²) in [6.07, 6.45) is 5.43. The highest BCUT2D eigenvalue weighted by atomic mass is 32.2. The second-order valence-electron chi connectivity index (χ2n) is 4.77. The number of halogens is 1. The van der Waals surface area contributed by atoms with E-state index in [0.29, 0.717) is 6.04 Å². The first-order chi connectivity index (χ1) is 8.28. The third-order valence-electron chi connectivity index (χ3n) is 3.28. The number of benzene rings is 1. The van der Waals surface area contributed by atoms with Crippen LogP contribution < -0.4 is 5.32 Å². The number of thioether (sulfide) groups is 1. The maximum absolute atomic E-state index is 13.0. The Hall–Kier alpha value is -0.540. The summed E-state index contributed by atoms with van der Waals surface area (Å²) < 4.78 is 13.0. The van der Waals surface area contributed by atoms with Gasteiger partial charge < -0.3 is 5.32 Å². The van der Waals surface area contributed by atoms with Crippen LogP contribution in [0.15, 0.2) is 29.2 Å². The van der Waals surface area contributed by atoms with Gasteiger partial charge in [-0.3, -0.25) is 0 Å². The Bertz CT molecular complexity index is 352. The summed E-state index contributed by atoms with van der Waals surface area (Å²) >= 11 is 1.74. The molecule has 1 atom stereocenters. The molecule has 1 fully saturated rings. The predicted octanol–water partition coefficient (Wildman–Crippen LogP) is 3.70. The minimum Gasteiger partial charge on any atom is -0.316 e. The molecule has 0 heterocycles. The minimum absolute atomic E-state index is 0.144. The molecule has 17 heavy (non-hydrogen) atoms. The SMILES string of the molecule is CNC(CCC1CC1)CSc1cccc(F)c1. The van der Waals surface area contributed by atoms with Crippen LogP contribution in [0.2, 0.25) is 0 Å². The summed E-state index contributed by atoms with van der Waals surface area (Å²) in [5, 5.41) is 3.36. The lowest BCUT2D eigenvalue weighted by molar-refractivity contribution is 0.526. The van der Waals surface area contributed by atoms with Crippen molar-refractivity contribution in [1.82, 2.24) is 5.32 Å². The van der Waals surface area contributed by atoms with Gasteiger partial charge in [0.25, 0.3) is 0 Å². The molecule has 0 radical (unpaired) electrons. The van der Waals surface area contributed by atoms with Gasteiger partial charge in [-0.05, 0) is 44.0 Å². The molecule has 0 bridgehead atoms. The molecule has 3 heteroatoms. The Labute approximate surface area is 107 Å². The van der Waals surface area contributed by atoms with Gasteiger partial charge in [0.15, 0.2) is 0 Å². The molecular weight excluding hydrogens is 233 g/mol. The zero-order valence-corrected chi connectivity index (χ0v) is 11.1. The van der Waals surface area contributed by atoms with Gasteiger partial charge in [-0.1, -0.05) is 18.9 Å². The predicted molar refractivity (Wildman–Crippen MR) is 71.9 cm³/mol. The van der Waals surface area contributed by atoms with Crippen LogP contribution in [0.5, 0.6) is 0 Å². The highest BCUT2D eigenvalue weighted by Gasteiger charge is 2.22. The average Bonchev–Trinajstić information content (AvgIpc) is 3.13. The topological polar surface area (TPSA) is 12.0 Å². The lowest BCUT2D eigenvalue weighted by Gasteiger charge is -2.15. The van der Waals surface area contributed by atoms with E-state index in [-0.39, 0.29) is 5.82 Å². The molecule has 1 unspecified atom stereocenters. The number of nitrogens with one attached hydrogen (secondary N) is 1. The van der Waals surface area contributed by atoms with Gasteiger partial charge in [0.1, 0.15) is 5.82 Å². The van der Waals surface area contributed by atoms with Crippen LogP contribution in [0.3, 0.4) is 0 Å². The van der Waals surface area contributed by atoms with Gasteiger partial charge in [-0.25, -0.2) is 4.39 Å². The van der Waals surface area contributed by atoms with Crippen LogP contribution in [-0.2, 0) is 0 Å². The second kappa shape index (κ2) is 6.41. The monoisotopic (exact) mass is 253 g/mol. The second-order valence-corrected chi connectivity index (χ2v) is 5.87. The van der Waals surface area contributed by atoms with E-state index in [0.717, 1.165) is 16.6 Å². The molecule has 1 aromatic rings. The van der Waals surface area contributed by atoms with Crippen LogP contribution in [-0.4, -0.2) is 18.8 Å². The van der Waals surface area contributed by atoms with Gasteiger partial charge in [0.2, 0.25) is 0 Å². The largest absolute Gasteiger partial charge is 0.316 e. The first kappa shape index (κ1) is 12.9. The lowest BCUT2D eigenvalue weighted by atomic mass is 10.1. The average molecular weight is 253 g/mol. The summed E-state index contributed by atoms with van der Waals surface area (Å²) in [4.78, 5) is 1.02. The molecule has 0 aromatic heterocycles. The first-order valence-electron chi connectivity index (χ1n) is 6.33. The normalized spacial score (nSPS) is 17.1. The molecule has 0 amide bonds. The van der Waals surface area contributed by atoms with E-state index < -0.39 is 0 Å². The van der Waals surface area contributed by atoms with Crippen LogP contribution in [0.25, 0.3) is 0 Å². The van der Waals surface area contributed by atoms with Crippen molar-refractivity contribution in [1.29, 1.82) is 0 Å². The smallest absolute Gasteiger partial charge is 0.124 e. The lowest BCUT2D eigenvalue weighted by Crippen LogP contribution is -2.27. The van der Waals surface area contributed by atoms with Crippen molar-refractivity contribution in [2.24, 2.45) is 5.92 Å². The standard InChI is InChI=1S/C14H20FNS/c1-16-13(8-7-11-5-6-11)10-17-14-4-2-3-12(15)9-14/h2-4,9,11,13,16H,5-8,10H2,1H3. The maximum Gasteiger partial charge on any atom is 0.124 e. The van der Waals surface area contributed by atoms with Gasteiger partial charge >= 0.3 is 0 Å². The third kappa shape index (κ3) is 4.68. The Balaban J connectivity index is 1.74. The van der Waals surface area contributed by atoms with Crippen LogP contribution in [0, 0.1) is 11.7 Å². The minimum atomic E-state index is -0.144. The van der Waals surface area contributed by atoms with Crippen molar-refractivity contribution in [3.63, 3.8) is 0 Å². The van der Waals surface area contributed by atoms with Crippen molar-refractivity contribution >= 4 is 11.8 Å². The molecule has 0 saturated heterocycles. The Morgan fingerprint density at radius 1 is 1.47 bits per heavy atom. The zero-order valence-electron chi connectivity index (χ0n) is 10.3. The molecule has 1 aliphatic rings. The Kier molecular flexibility index (Phi) is 4.86. The molecule has 1 aliphatic carbocycles. The Morgan fingerprint density at radius 3 is 2.94 bits per heavy atom. The van der Waals surface area contributed by atoms with Crippen molar-refractivity contribution in [2.75, 3.05) is 12.8 Å². The van der Waals surface area contributed by atoms with E-state index in [1.165, 1.54) is 31.7 Å². The first-order valence-corrected chi connectivity index (χ1v) is 7.32. The molecule has 0 spiro atoms. The molecule has 94 valence electrons. The summed E-state index contributed by atoms with van der Waals surface area (Å²) in [6.45, 7) is 0. The fraction of sp³-hybridized carbons (Fsp3) is 0.571. The van der Waals surface area contributed by atoms with Crippen LogP contribution in [0.4, 0.5) is 4.39 Å². The molecule has 1 N–H and O–H groups in total. The van der Waals surface area contributed by atoms with Gasteiger partial charge in [0.05, 0.1) is 0 Å². The molecular formula is C14H20FNS. The van der Waals surface area contributed by atoms with Crippen molar-refractivity contribution in [3.8, 4) is 0 Å². The summed E-state index contributed by atoms with van der Waals surface area (Å²) in [7, 11) is 2.02. The highest BCUT2D eigenvalue weighted by Crippen LogP contribution is 2.34. The summed E-state index contributed by atoms with van der Waals surface area (Å²) in [5.74, 6) is 1.87. The summed E-state index contributed by atoms with van der Waals surface area (Å²) in [5.41, 5.74) is 0. The molecule has 1 aromatic carbocycles. The number of hydrogen-bond donors (Lipinski definition) is 1. The van der Waals surface area contributed by atoms with Gasteiger partial charge in [-0.15, -0.1) is 11.8 Å². The zero-order chi connectivity index (χ0) is 12.1. The van der Waals surface area contributed by atoms with Crippen molar-refractivity contribution in [2.45, 2.75) is 36.6 Å². The van der Waals surface area contributed by atoms with E-state index in [4.69, 9.17) is 0 Å². The van der Waals surface area contributed by atoms with Gasteiger partial charge in [0, 0.05) is 16.7 Å². The third-order valence-corrected chi connectivity index (χ3v) is 4.43. The van der Waals surface area contributed by atoms with E-state index in [1.807, 2.05) is 13.1 Å². The van der Waals surface area contributed by atoms with Crippen LogP contribution in [0.1, 0.15) is 25.7 Å². The van der Waals surface area contributed by atoms with E-state index in [1.54, 1.807) is 23.9 Å². The quantitative estimate of drug-likeness (QED) is 0.744. The maximum atomic E-state index is 13.0. The molecule has 0 aliphatic heterocycles. The Morgan fingerprint density at radius 2 is 2.29 bits per heavy atom. The number of hydrogen-bond acceptors (Lipinski definition) is 2. The van der Waals surface area contributed by atoms with E-state index in [2.05, 4.69) is 5.32 Å². The fourth-order valence-electron chi connectivity index (χ4n) is 1.91. The van der Waals surface area contributed by atoms with Crippen molar-refractivity contribution < 1.29 is 4.39 Å². The molecule has 1 nitrogen and oxygen atoms in total.